The fourth-order valence-corrected chi connectivity index (χ4v) is 7.02. The first-order chi connectivity index (χ1) is 20.6. The quantitative estimate of drug-likeness (QED) is 0.257. The van der Waals surface area contributed by atoms with Gasteiger partial charge in [0.1, 0.15) is 12.3 Å². The molecule has 0 amide bonds. The number of carbonyl (C=O) groups excluding carboxylic acids is 2. The molecular formula is C38H48F2O4. The van der Waals surface area contributed by atoms with Gasteiger partial charge in [0, 0.05) is 11.5 Å². The third-order valence-corrected chi connectivity index (χ3v) is 9.91. The van der Waals surface area contributed by atoms with Crippen LogP contribution in [0.3, 0.4) is 0 Å². The molecule has 0 N–H and O–H groups in total. The summed E-state index contributed by atoms with van der Waals surface area (Å²) >= 11 is 0. The van der Waals surface area contributed by atoms with Crippen molar-refractivity contribution in [2.75, 3.05) is 14.2 Å². The van der Waals surface area contributed by atoms with Gasteiger partial charge in [-0.2, -0.15) is 0 Å². The number of ether oxygens (including phenoxy) is 2. The van der Waals surface area contributed by atoms with Crippen LogP contribution in [0.15, 0.2) is 94.6 Å². The van der Waals surface area contributed by atoms with Crippen molar-refractivity contribution in [2.45, 2.75) is 86.0 Å². The summed E-state index contributed by atoms with van der Waals surface area (Å²) in [6.07, 6.45) is -0.120. The fourth-order valence-electron chi connectivity index (χ4n) is 7.02. The molecule has 1 fully saturated rings. The Bertz CT molecular complexity index is 1410. The zero-order valence-corrected chi connectivity index (χ0v) is 27.8. The van der Waals surface area contributed by atoms with E-state index in [4.69, 9.17) is 9.47 Å². The Balaban J connectivity index is 0.000000244. The molecule has 0 heterocycles. The van der Waals surface area contributed by atoms with E-state index < -0.39 is 46.9 Å². The van der Waals surface area contributed by atoms with Crippen LogP contribution in [-0.4, -0.2) is 38.5 Å². The summed E-state index contributed by atoms with van der Waals surface area (Å²) in [5, 5.41) is 0. The largest absolute Gasteiger partial charge is 0.469 e. The highest BCUT2D eigenvalue weighted by atomic mass is 19.1. The Morgan fingerprint density at radius 1 is 0.750 bits per heavy atom. The molecule has 0 saturated heterocycles. The van der Waals surface area contributed by atoms with Crippen LogP contribution in [0.25, 0.3) is 0 Å². The molecule has 0 aromatic heterocycles. The highest BCUT2D eigenvalue weighted by molar-refractivity contribution is 5.91. The normalized spacial score (nSPS) is 25.5. The Labute approximate surface area is 262 Å². The molecule has 2 aliphatic rings. The summed E-state index contributed by atoms with van der Waals surface area (Å²) in [5.41, 5.74) is 4.69. The molecule has 0 bridgehead atoms. The van der Waals surface area contributed by atoms with Crippen molar-refractivity contribution in [1.29, 1.82) is 0 Å². The summed E-state index contributed by atoms with van der Waals surface area (Å²) < 4.78 is 40.5. The number of methoxy groups -OCH3 is 2. The van der Waals surface area contributed by atoms with Crippen molar-refractivity contribution < 1.29 is 27.8 Å². The number of carbonyl (C=O) groups is 2. The molecule has 2 aromatic rings. The van der Waals surface area contributed by atoms with Crippen molar-refractivity contribution in [2.24, 2.45) is 16.7 Å². The van der Waals surface area contributed by atoms with E-state index in [0.717, 1.165) is 33.4 Å². The predicted octanol–water partition coefficient (Wildman–Crippen LogP) is 9.25. The molecule has 44 heavy (non-hydrogen) atoms. The van der Waals surface area contributed by atoms with Crippen molar-refractivity contribution >= 4 is 11.9 Å². The molecule has 2 aliphatic carbocycles. The van der Waals surface area contributed by atoms with Gasteiger partial charge in [0.15, 0.2) is 0 Å². The van der Waals surface area contributed by atoms with E-state index in [-0.39, 0.29) is 5.97 Å². The van der Waals surface area contributed by atoms with Crippen molar-refractivity contribution in [1.82, 2.24) is 0 Å². The third kappa shape index (κ3) is 6.60. The molecule has 3 unspecified atom stereocenters. The van der Waals surface area contributed by atoms with Crippen LogP contribution >= 0.6 is 0 Å². The topological polar surface area (TPSA) is 52.6 Å². The van der Waals surface area contributed by atoms with Gasteiger partial charge in [-0.15, -0.1) is 0 Å². The van der Waals surface area contributed by atoms with Gasteiger partial charge in [-0.05, 0) is 67.2 Å². The highest BCUT2D eigenvalue weighted by Gasteiger charge is 2.60. The van der Waals surface area contributed by atoms with Gasteiger partial charge in [-0.25, -0.2) is 13.6 Å². The summed E-state index contributed by atoms with van der Waals surface area (Å²) in [5.74, 6) is -2.45. The van der Waals surface area contributed by atoms with Crippen molar-refractivity contribution in [3.63, 3.8) is 0 Å². The van der Waals surface area contributed by atoms with Crippen LogP contribution in [0.2, 0.25) is 0 Å². The zero-order valence-electron chi connectivity index (χ0n) is 27.8. The SMILES string of the molecule is COC(=O)C1=CCC(=C(C)C)[C@H](F)[C@H]1c1ccccc1.COC(=O)C1C(c2ccccc2)C(F)C(=C(C)C)C(C)(C)C1(C)C. The van der Waals surface area contributed by atoms with E-state index in [2.05, 4.69) is 13.8 Å². The molecule has 2 aromatic carbocycles. The fraction of sp³-hybridized carbons (Fsp3) is 0.474. The van der Waals surface area contributed by atoms with Gasteiger partial charge in [0.05, 0.1) is 26.1 Å². The van der Waals surface area contributed by atoms with E-state index in [0.29, 0.717) is 12.0 Å². The molecule has 0 radical (unpaired) electrons. The van der Waals surface area contributed by atoms with Gasteiger partial charge in [0.2, 0.25) is 0 Å². The molecule has 4 rings (SSSR count). The number of halogens is 2. The predicted molar refractivity (Wildman–Crippen MR) is 173 cm³/mol. The molecule has 238 valence electrons. The first-order valence-corrected chi connectivity index (χ1v) is 15.2. The van der Waals surface area contributed by atoms with E-state index in [1.54, 1.807) is 6.08 Å². The minimum atomic E-state index is -1.20. The van der Waals surface area contributed by atoms with Crippen LogP contribution in [0, 0.1) is 16.7 Å². The van der Waals surface area contributed by atoms with Crippen molar-refractivity contribution in [3.05, 3.63) is 106 Å². The molecule has 6 heteroatoms. The molecule has 0 aliphatic heterocycles. The molecule has 0 spiro atoms. The molecule has 5 atom stereocenters. The Kier molecular flexibility index (Phi) is 11.2. The van der Waals surface area contributed by atoms with Crippen LogP contribution < -0.4 is 0 Å². The van der Waals surface area contributed by atoms with Crippen molar-refractivity contribution in [3.8, 4) is 0 Å². The number of allylic oxidation sites excluding steroid dienone is 5. The summed E-state index contributed by atoms with van der Waals surface area (Å²) in [6, 6.07) is 18.8. The number of esters is 2. The second kappa shape index (κ2) is 14.0. The van der Waals surface area contributed by atoms with E-state index >= 15 is 4.39 Å². The van der Waals surface area contributed by atoms with E-state index in [1.165, 1.54) is 14.2 Å². The lowest BCUT2D eigenvalue weighted by atomic mass is 9.48. The maximum absolute atomic E-state index is 15.8. The number of rotatable bonds is 4. The number of hydrogen-bond donors (Lipinski definition) is 0. The van der Waals surface area contributed by atoms with Crippen LogP contribution in [0.4, 0.5) is 8.78 Å². The maximum Gasteiger partial charge on any atom is 0.334 e. The van der Waals surface area contributed by atoms with E-state index in [1.807, 2.05) is 102 Å². The second-order valence-electron chi connectivity index (χ2n) is 13.3. The second-order valence-corrected chi connectivity index (χ2v) is 13.3. The smallest absolute Gasteiger partial charge is 0.334 e. The minimum absolute atomic E-state index is 0.336. The molecule has 4 nitrogen and oxygen atoms in total. The van der Waals surface area contributed by atoms with Gasteiger partial charge >= 0.3 is 11.9 Å². The average molecular weight is 607 g/mol. The van der Waals surface area contributed by atoms with Gasteiger partial charge in [-0.3, -0.25) is 4.79 Å². The van der Waals surface area contributed by atoms with E-state index in [9.17, 15) is 14.0 Å². The number of benzene rings is 2. The molecular weight excluding hydrogens is 558 g/mol. The first kappa shape index (κ1) is 34.9. The van der Waals surface area contributed by atoms with Gasteiger partial charge in [-0.1, -0.05) is 106 Å². The lowest BCUT2D eigenvalue weighted by molar-refractivity contribution is -0.158. The van der Waals surface area contributed by atoms with Gasteiger partial charge in [0.25, 0.3) is 0 Å². The summed E-state index contributed by atoms with van der Waals surface area (Å²) in [7, 11) is 2.71. The summed E-state index contributed by atoms with van der Waals surface area (Å²) in [6.45, 7) is 15.9. The lowest BCUT2D eigenvalue weighted by Gasteiger charge is -2.56. The Hall–Kier alpha value is -3.54. The standard InChI is InChI=1S/C21H29FO2.C17H19FO2/c1-13(2)16-18(22)15(14-11-9-8-10-12-14)17(19(23)24-7)21(5,6)20(16,3)4;1-11(2)13-9-10-14(17(19)20-3)15(16(13)18)12-7-5-4-6-8-12/h8-12,15,17-18H,1-7H3;4-8,10,15-16H,9H2,1-3H3/t;15-,16-/m.0/s1. The average Bonchev–Trinajstić information content (AvgIpc) is 2.98. The zero-order chi connectivity index (χ0) is 33.0. The van der Waals surface area contributed by atoms with Crippen LogP contribution in [0.1, 0.15) is 84.8 Å². The number of alkyl halides is 2. The Morgan fingerprint density at radius 2 is 1.27 bits per heavy atom. The number of hydrogen-bond acceptors (Lipinski definition) is 4. The van der Waals surface area contributed by atoms with Crippen LogP contribution in [-0.2, 0) is 19.1 Å². The maximum atomic E-state index is 15.8. The molecule has 1 saturated carbocycles. The third-order valence-electron chi connectivity index (χ3n) is 9.91. The van der Waals surface area contributed by atoms with Crippen LogP contribution in [0.5, 0.6) is 0 Å². The first-order valence-electron chi connectivity index (χ1n) is 15.2. The minimum Gasteiger partial charge on any atom is -0.469 e. The van der Waals surface area contributed by atoms with Gasteiger partial charge < -0.3 is 9.47 Å². The highest BCUT2D eigenvalue weighted by Crippen LogP contribution is 2.62. The summed E-state index contributed by atoms with van der Waals surface area (Å²) in [4.78, 5) is 24.6. The monoisotopic (exact) mass is 606 g/mol. The Morgan fingerprint density at radius 3 is 1.73 bits per heavy atom. The lowest BCUT2D eigenvalue weighted by Crippen LogP contribution is -2.55.